The molecule has 0 unspecified atom stereocenters. The Morgan fingerprint density at radius 2 is 1.79 bits per heavy atom. The van der Waals surface area contributed by atoms with Crippen LogP contribution in [0.5, 0.6) is 11.5 Å². The number of benzene rings is 1. The van der Waals surface area contributed by atoms with Gasteiger partial charge in [-0.2, -0.15) is 5.26 Å². The predicted molar refractivity (Wildman–Crippen MR) is 74.2 cm³/mol. The van der Waals surface area contributed by atoms with Crippen molar-refractivity contribution < 1.29 is 4.74 Å². The second-order valence-electron chi connectivity index (χ2n) is 5.34. The highest BCUT2D eigenvalue weighted by atomic mass is 16.5. The molecule has 96 valence electrons. The maximum absolute atomic E-state index is 8.95. The van der Waals surface area contributed by atoms with Crippen LogP contribution in [0.3, 0.4) is 0 Å². The molecule has 0 saturated heterocycles. The Hall–Kier alpha value is -2.34. The van der Waals surface area contributed by atoms with E-state index in [2.05, 4.69) is 25.8 Å². The van der Waals surface area contributed by atoms with E-state index in [0.717, 1.165) is 0 Å². The standard InChI is InChI=1S/C16H16N2O/c1-16(2,3)12-6-8-13(9-7-12)19-15-5-4-10-18-14(15)11-17/h4-10H,1-3H3. The fraction of sp³-hybridized carbons (Fsp3) is 0.250. The topological polar surface area (TPSA) is 45.9 Å². The maximum Gasteiger partial charge on any atom is 0.183 e. The average molecular weight is 252 g/mol. The first kappa shape index (κ1) is 13.1. The first-order valence-electron chi connectivity index (χ1n) is 6.14. The maximum atomic E-state index is 8.95. The van der Waals surface area contributed by atoms with Crippen molar-refractivity contribution in [1.82, 2.24) is 4.98 Å². The SMILES string of the molecule is CC(C)(C)c1ccc(Oc2cccnc2C#N)cc1. The number of nitriles is 1. The number of ether oxygens (including phenoxy) is 1. The van der Waals surface area contributed by atoms with Crippen LogP contribution in [-0.4, -0.2) is 4.98 Å². The molecule has 0 amide bonds. The van der Waals surface area contributed by atoms with Crippen LogP contribution in [0.2, 0.25) is 0 Å². The molecule has 3 nitrogen and oxygen atoms in total. The van der Waals surface area contributed by atoms with Gasteiger partial charge in [0, 0.05) is 6.20 Å². The molecular formula is C16H16N2O. The molecule has 0 atom stereocenters. The molecule has 19 heavy (non-hydrogen) atoms. The first-order chi connectivity index (χ1) is 9.00. The minimum absolute atomic E-state index is 0.116. The number of hydrogen-bond acceptors (Lipinski definition) is 3. The van der Waals surface area contributed by atoms with E-state index in [4.69, 9.17) is 10.00 Å². The largest absolute Gasteiger partial charge is 0.454 e. The van der Waals surface area contributed by atoms with E-state index in [0.29, 0.717) is 17.2 Å². The molecule has 0 spiro atoms. The molecule has 2 aromatic rings. The number of pyridine rings is 1. The van der Waals surface area contributed by atoms with Gasteiger partial charge in [0.1, 0.15) is 11.8 Å². The normalized spacial score (nSPS) is 10.8. The molecule has 0 N–H and O–H groups in total. The van der Waals surface area contributed by atoms with Crippen molar-refractivity contribution in [2.75, 3.05) is 0 Å². The summed E-state index contributed by atoms with van der Waals surface area (Å²) < 4.78 is 5.68. The van der Waals surface area contributed by atoms with Crippen LogP contribution in [0.15, 0.2) is 42.6 Å². The fourth-order valence-corrected chi connectivity index (χ4v) is 1.71. The lowest BCUT2D eigenvalue weighted by Gasteiger charge is -2.19. The highest BCUT2D eigenvalue weighted by Gasteiger charge is 2.13. The van der Waals surface area contributed by atoms with Crippen LogP contribution in [0.25, 0.3) is 0 Å². The lowest BCUT2D eigenvalue weighted by atomic mass is 9.87. The number of aromatic nitrogens is 1. The number of rotatable bonds is 2. The summed E-state index contributed by atoms with van der Waals surface area (Å²) >= 11 is 0. The van der Waals surface area contributed by atoms with Gasteiger partial charge in [-0.15, -0.1) is 0 Å². The van der Waals surface area contributed by atoms with Crippen molar-refractivity contribution in [2.24, 2.45) is 0 Å². The molecule has 0 aliphatic rings. The van der Waals surface area contributed by atoms with Crippen LogP contribution in [0.1, 0.15) is 32.0 Å². The zero-order chi connectivity index (χ0) is 13.9. The van der Waals surface area contributed by atoms with E-state index in [-0.39, 0.29) is 5.41 Å². The summed E-state index contributed by atoms with van der Waals surface area (Å²) in [7, 11) is 0. The second kappa shape index (κ2) is 5.11. The Kier molecular flexibility index (Phi) is 3.52. The van der Waals surface area contributed by atoms with E-state index >= 15 is 0 Å². The Labute approximate surface area is 113 Å². The van der Waals surface area contributed by atoms with Crippen molar-refractivity contribution in [3.05, 3.63) is 53.9 Å². The fourth-order valence-electron chi connectivity index (χ4n) is 1.71. The number of nitrogens with zero attached hydrogens (tertiary/aromatic N) is 2. The predicted octanol–water partition coefficient (Wildman–Crippen LogP) is 4.04. The summed E-state index contributed by atoms with van der Waals surface area (Å²) in [6.07, 6.45) is 1.58. The zero-order valence-electron chi connectivity index (χ0n) is 11.3. The molecule has 0 radical (unpaired) electrons. The van der Waals surface area contributed by atoms with Crippen LogP contribution in [0.4, 0.5) is 0 Å². The van der Waals surface area contributed by atoms with E-state index in [9.17, 15) is 0 Å². The monoisotopic (exact) mass is 252 g/mol. The molecule has 0 bridgehead atoms. The second-order valence-corrected chi connectivity index (χ2v) is 5.34. The van der Waals surface area contributed by atoms with Crippen molar-refractivity contribution in [3.63, 3.8) is 0 Å². The third-order valence-corrected chi connectivity index (χ3v) is 2.82. The van der Waals surface area contributed by atoms with Crippen LogP contribution < -0.4 is 4.74 Å². The lowest BCUT2D eigenvalue weighted by Crippen LogP contribution is -2.10. The summed E-state index contributed by atoms with van der Waals surface area (Å²) in [5, 5.41) is 8.95. The van der Waals surface area contributed by atoms with Gasteiger partial charge in [-0.3, -0.25) is 0 Å². The van der Waals surface area contributed by atoms with Gasteiger partial charge in [0.15, 0.2) is 11.4 Å². The van der Waals surface area contributed by atoms with Gasteiger partial charge in [-0.1, -0.05) is 32.9 Å². The van der Waals surface area contributed by atoms with Gasteiger partial charge in [-0.25, -0.2) is 4.98 Å². The minimum atomic E-state index is 0.116. The third kappa shape index (κ3) is 3.11. The highest BCUT2D eigenvalue weighted by Crippen LogP contribution is 2.27. The van der Waals surface area contributed by atoms with Crippen molar-refractivity contribution in [2.45, 2.75) is 26.2 Å². The van der Waals surface area contributed by atoms with Crippen molar-refractivity contribution in [3.8, 4) is 17.6 Å². The zero-order valence-corrected chi connectivity index (χ0v) is 11.3. The summed E-state index contributed by atoms with van der Waals surface area (Å²) in [5.74, 6) is 1.19. The van der Waals surface area contributed by atoms with Gasteiger partial charge in [0.25, 0.3) is 0 Å². The first-order valence-corrected chi connectivity index (χ1v) is 6.14. The molecule has 3 heteroatoms. The Morgan fingerprint density at radius 3 is 2.37 bits per heavy atom. The van der Waals surface area contributed by atoms with Crippen molar-refractivity contribution in [1.29, 1.82) is 5.26 Å². The summed E-state index contributed by atoms with van der Waals surface area (Å²) in [4.78, 5) is 3.96. The molecule has 0 aliphatic heterocycles. The molecule has 0 aliphatic carbocycles. The smallest absolute Gasteiger partial charge is 0.183 e. The lowest BCUT2D eigenvalue weighted by molar-refractivity contribution is 0.477. The molecule has 0 saturated carbocycles. The third-order valence-electron chi connectivity index (χ3n) is 2.82. The summed E-state index contributed by atoms with van der Waals surface area (Å²) in [6.45, 7) is 6.49. The summed E-state index contributed by atoms with van der Waals surface area (Å²) in [6, 6.07) is 13.4. The van der Waals surface area contributed by atoms with E-state index < -0.39 is 0 Å². The highest BCUT2D eigenvalue weighted by molar-refractivity contribution is 5.41. The van der Waals surface area contributed by atoms with Crippen LogP contribution in [0, 0.1) is 11.3 Å². The quantitative estimate of drug-likeness (QED) is 0.810. The molecule has 0 fully saturated rings. The van der Waals surface area contributed by atoms with E-state index in [1.54, 1.807) is 18.3 Å². The van der Waals surface area contributed by atoms with Gasteiger partial charge in [0.2, 0.25) is 0 Å². The molecule has 1 aromatic carbocycles. The summed E-state index contributed by atoms with van der Waals surface area (Å²) in [5.41, 5.74) is 1.65. The Bertz CT molecular complexity index is 604. The van der Waals surface area contributed by atoms with Crippen LogP contribution >= 0.6 is 0 Å². The Balaban J connectivity index is 2.23. The van der Waals surface area contributed by atoms with E-state index in [1.165, 1.54) is 5.56 Å². The van der Waals surface area contributed by atoms with Crippen LogP contribution in [-0.2, 0) is 5.41 Å². The van der Waals surface area contributed by atoms with Gasteiger partial charge >= 0.3 is 0 Å². The van der Waals surface area contributed by atoms with Gasteiger partial charge < -0.3 is 4.74 Å². The Morgan fingerprint density at radius 1 is 1.11 bits per heavy atom. The van der Waals surface area contributed by atoms with E-state index in [1.807, 2.05) is 30.3 Å². The molecule has 2 rings (SSSR count). The van der Waals surface area contributed by atoms with Gasteiger partial charge in [0.05, 0.1) is 0 Å². The van der Waals surface area contributed by atoms with Gasteiger partial charge in [-0.05, 0) is 35.2 Å². The average Bonchev–Trinajstić information content (AvgIpc) is 2.39. The number of hydrogen-bond donors (Lipinski definition) is 0. The molecule has 1 heterocycles. The molecular weight excluding hydrogens is 236 g/mol. The minimum Gasteiger partial charge on any atom is -0.454 e. The van der Waals surface area contributed by atoms with Crippen molar-refractivity contribution >= 4 is 0 Å². The molecule has 1 aromatic heterocycles.